The van der Waals surface area contributed by atoms with Crippen LogP contribution in [0.1, 0.15) is 18.2 Å². The molecule has 2 rings (SSSR count). The van der Waals surface area contributed by atoms with Gasteiger partial charge in [0, 0.05) is 24.6 Å². The first-order chi connectivity index (χ1) is 13.8. The smallest absolute Gasteiger partial charge is 0.383 e. The van der Waals surface area contributed by atoms with Crippen molar-refractivity contribution in [3.63, 3.8) is 0 Å². The van der Waals surface area contributed by atoms with Crippen molar-refractivity contribution in [3.8, 4) is 5.69 Å². The second kappa shape index (κ2) is 8.94. The molecule has 0 bridgehead atoms. The van der Waals surface area contributed by atoms with Crippen LogP contribution in [0, 0.1) is 12.7 Å². The highest BCUT2D eigenvalue weighted by Gasteiger charge is 2.38. The molecule has 0 fully saturated rings. The number of Topliss-reactive ketones (excluding diaryl/α,β-unsaturated/α-hetero) is 1. The molecule has 1 atom stereocenters. The van der Waals surface area contributed by atoms with E-state index in [-0.39, 0.29) is 26.9 Å². The molecule has 0 saturated carbocycles. The van der Waals surface area contributed by atoms with Crippen LogP contribution < -0.4 is 11.2 Å². The van der Waals surface area contributed by atoms with E-state index >= 15 is 0 Å². The Morgan fingerprint density at radius 3 is 2.40 bits per heavy atom. The summed E-state index contributed by atoms with van der Waals surface area (Å²) >= 11 is 6.95. The average Bonchev–Trinajstić information content (AvgIpc) is 2.62. The normalized spacial score (nSPS) is 12.8. The molecule has 1 unspecified atom stereocenters. The summed E-state index contributed by atoms with van der Waals surface area (Å²) in [5, 5.41) is -0.809. The first kappa shape index (κ1) is 24.2. The van der Waals surface area contributed by atoms with Gasteiger partial charge in [0.05, 0.1) is 22.6 Å². The zero-order chi connectivity index (χ0) is 23.0. The predicted molar refractivity (Wildman–Crippen MR) is 104 cm³/mol. The zero-order valence-corrected chi connectivity index (χ0v) is 17.8. The zero-order valence-electron chi connectivity index (χ0n) is 16.3. The van der Waals surface area contributed by atoms with Gasteiger partial charge in [0.25, 0.3) is 5.56 Å². The lowest BCUT2D eigenvalue weighted by atomic mass is 10.2. The summed E-state index contributed by atoms with van der Waals surface area (Å²) in [6, 6.07) is 1.87. The van der Waals surface area contributed by atoms with Crippen LogP contribution >= 0.6 is 23.4 Å². The molecule has 0 aliphatic rings. The number of hydrogen-bond acceptors (Lipinski definition) is 5. The number of hydrogen-bond donors (Lipinski definition) is 0. The second-order valence-electron chi connectivity index (χ2n) is 6.36. The molecular weight excluding hydrogens is 452 g/mol. The molecule has 1 heterocycles. The predicted octanol–water partition coefficient (Wildman–Crippen LogP) is 3.35. The lowest BCUT2D eigenvalue weighted by molar-refractivity contribution is -0.144. The van der Waals surface area contributed by atoms with Crippen molar-refractivity contribution in [3.05, 3.63) is 55.1 Å². The summed E-state index contributed by atoms with van der Waals surface area (Å²) < 4.78 is 59.8. The number of thioether (sulfide) groups is 1. The van der Waals surface area contributed by atoms with E-state index < -0.39 is 45.4 Å². The minimum atomic E-state index is -4.95. The molecule has 6 nitrogen and oxygen atoms in total. The fraction of sp³-hybridized carbons (Fsp3) is 0.389. The number of carbonyl (C=O) groups excluding carboxylic acids is 1. The molecule has 0 N–H and O–H groups in total. The summed E-state index contributed by atoms with van der Waals surface area (Å²) in [6.45, 7) is 2.23. The molecule has 30 heavy (non-hydrogen) atoms. The standard InChI is InChI=1S/C18H17ClF4N2O4S/c1-8-15(18(21,22)23)24(3)17(28)25(16(8)27)12-6-13(10(19)5-11(12)20)30-14(7-29-4)9(2)26/h5-6,14H,7H2,1-4H3. The number of nitrogens with zero attached hydrogens (tertiary/aromatic N) is 2. The Labute approximate surface area is 177 Å². The fourth-order valence-electron chi connectivity index (χ4n) is 2.79. The molecule has 0 spiro atoms. The molecule has 0 aliphatic heterocycles. The highest BCUT2D eigenvalue weighted by atomic mass is 35.5. The van der Waals surface area contributed by atoms with Gasteiger partial charge < -0.3 is 4.74 Å². The van der Waals surface area contributed by atoms with Gasteiger partial charge in [-0.3, -0.25) is 14.2 Å². The van der Waals surface area contributed by atoms with Crippen LogP contribution in [0.2, 0.25) is 5.02 Å². The molecule has 164 valence electrons. The first-order valence-electron chi connectivity index (χ1n) is 8.36. The first-order valence-corrected chi connectivity index (χ1v) is 9.62. The molecule has 0 saturated heterocycles. The average molecular weight is 469 g/mol. The third-order valence-corrected chi connectivity index (χ3v) is 6.01. The molecule has 0 amide bonds. The van der Waals surface area contributed by atoms with Crippen molar-refractivity contribution in [2.45, 2.75) is 30.2 Å². The Hall–Kier alpha value is -2.11. The van der Waals surface area contributed by atoms with Gasteiger partial charge in [-0.2, -0.15) is 13.2 Å². The molecule has 0 radical (unpaired) electrons. The minimum Gasteiger partial charge on any atom is -0.383 e. The topological polar surface area (TPSA) is 70.3 Å². The summed E-state index contributed by atoms with van der Waals surface area (Å²) in [7, 11) is 2.21. The maximum absolute atomic E-state index is 14.6. The summed E-state index contributed by atoms with van der Waals surface area (Å²) in [5.41, 5.74) is -5.47. The maximum Gasteiger partial charge on any atom is 0.432 e. The van der Waals surface area contributed by atoms with E-state index in [0.29, 0.717) is 4.57 Å². The number of rotatable bonds is 6. The van der Waals surface area contributed by atoms with Crippen LogP contribution in [0.5, 0.6) is 0 Å². The van der Waals surface area contributed by atoms with Gasteiger partial charge in [0.2, 0.25) is 0 Å². The third-order valence-electron chi connectivity index (χ3n) is 4.24. The minimum absolute atomic E-state index is 0.0180. The van der Waals surface area contributed by atoms with Gasteiger partial charge in [0.15, 0.2) is 0 Å². The van der Waals surface area contributed by atoms with E-state index in [1.54, 1.807) is 0 Å². The summed E-state index contributed by atoms with van der Waals surface area (Å²) in [6.07, 6.45) is -4.95. The number of alkyl halides is 3. The molecule has 1 aromatic heterocycles. The van der Waals surface area contributed by atoms with Crippen molar-refractivity contribution in [2.24, 2.45) is 7.05 Å². The molecule has 2 aromatic rings. The quantitative estimate of drug-likeness (QED) is 0.480. The molecular formula is C18H17ClF4N2O4S. The van der Waals surface area contributed by atoms with Crippen molar-refractivity contribution >= 4 is 29.1 Å². The number of benzene rings is 1. The highest BCUT2D eigenvalue weighted by Crippen LogP contribution is 2.34. The SMILES string of the molecule is COCC(Sc1cc(-n2c(=O)c(C)c(C(F)(F)F)n(C)c2=O)c(F)cc1Cl)C(C)=O. The highest BCUT2D eigenvalue weighted by molar-refractivity contribution is 8.00. The van der Waals surface area contributed by atoms with Crippen molar-refractivity contribution < 1.29 is 27.1 Å². The Balaban J connectivity index is 2.76. The van der Waals surface area contributed by atoms with Crippen molar-refractivity contribution in [2.75, 3.05) is 13.7 Å². The Morgan fingerprint density at radius 2 is 1.90 bits per heavy atom. The van der Waals surface area contributed by atoms with Gasteiger partial charge in [-0.1, -0.05) is 11.6 Å². The van der Waals surface area contributed by atoms with E-state index in [1.165, 1.54) is 14.0 Å². The van der Waals surface area contributed by atoms with Crippen LogP contribution in [0.25, 0.3) is 5.69 Å². The van der Waals surface area contributed by atoms with Crippen LogP contribution in [-0.4, -0.2) is 33.9 Å². The number of ketones is 1. The van der Waals surface area contributed by atoms with Crippen molar-refractivity contribution in [1.82, 2.24) is 9.13 Å². The Bertz CT molecular complexity index is 1070. The fourth-order valence-corrected chi connectivity index (χ4v) is 4.10. The van der Waals surface area contributed by atoms with E-state index in [9.17, 15) is 31.9 Å². The number of aromatic nitrogens is 2. The Kier molecular flexibility index (Phi) is 7.20. The van der Waals surface area contributed by atoms with Crippen LogP contribution in [-0.2, 0) is 22.8 Å². The van der Waals surface area contributed by atoms with Crippen LogP contribution in [0.3, 0.4) is 0 Å². The van der Waals surface area contributed by atoms with Gasteiger partial charge >= 0.3 is 11.9 Å². The lowest BCUT2D eigenvalue weighted by Crippen LogP contribution is -2.43. The van der Waals surface area contributed by atoms with E-state index in [4.69, 9.17) is 16.3 Å². The molecule has 1 aromatic carbocycles. The third kappa shape index (κ3) is 4.62. The largest absolute Gasteiger partial charge is 0.432 e. The van der Waals surface area contributed by atoms with Gasteiger partial charge in [-0.15, -0.1) is 11.8 Å². The van der Waals surface area contributed by atoms with Crippen molar-refractivity contribution in [1.29, 1.82) is 0 Å². The number of methoxy groups -OCH3 is 1. The molecule has 12 heteroatoms. The summed E-state index contributed by atoms with van der Waals surface area (Å²) in [4.78, 5) is 37.0. The summed E-state index contributed by atoms with van der Waals surface area (Å²) in [5.74, 6) is -1.35. The van der Waals surface area contributed by atoms with E-state index in [1.807, 2.05) is 0 Å². The van der Waals surface area contributed by atoms with Gasteiger partial charge in [-0.25, -0.2) is 13.8 Å². The number of carbonyl (C=O) groups is 1. The Morgan fingerprint density at radius 1 is 1.30 bits per heavy atom. The van der Waals surface area contributed by atoms with E-state index in [2.05, 4.69) is 0 Å². The number of ether oxygens (including phenoxy) is 1. The monoisotopic (exact) mass is 468 g/mol. The maximum atomic E-state index is 14.6. The molecule has 0 aliphatic carbocycles. The van der Waals surface area contributed by atoms with Gasteiger partial charge in [0.1, 0.15) is 17.3 Å². The number of halogens is 5. The lowest BCUT2D eigenvalue weighted by Gasteiger charge is -2.18. The van der Waals surface area contributed by atoms with E-state index in [0.717, 1.165) is 37.9 Å². The second-order valence-corrected chi connectivity index (χ2v) is 8.01. The van der Waals surface area contributed by atoms with Crippen LogP contribution in [0.4, 0.5) is 17.6 Å². The van der Waals surface area contributed by atoms with Crippen LogP contribution in [0.15, 0.2) is 26.6 Å². The van der Waals surface area contributed by atoms with Gasteiger partial charge in [-0.05, 0) is 26.0 Å².